The maximum atomic E-state index is 12.4. The molecule has 1 fully saturated rings. The normalized spacial score (nSPS) is 17.9. The van der Waals surface area contributed by atoms with Crippen molar-refractivity contribution in [3.05, 3.63) is 18.7 Å². The average Bonchev–Trinajstić information content (AvgIpc) is 2.98. The van der Waals surface area contributed by atoms with Crippen molar-refractivity contribution in [2.45, 2.75) is 25.8 Å². The number of methoxy groups -OCH3 is 1. The molecular formula is C14H24N4O2. The quantitative estimate of drug-likeness (QED) is 0.710. The Morgan fingerprint density at radius 3 is 2.95 bits per heavy atom. The van der Waals surface area contributed by atoms with E-state index in [1.165, 1.54) is 0 Å². The number of carbonyl (C=O) groups excluding carboxylic acids is 1. The number of amides is 1. The number of carbonyl (C=O) groups is 1. The second-order valence-electron chi connectivity index (χ2n) is 5.37. The van der Waals surface area contributed by atoms with E-state index in [9.17, 15) is 4.79 Å². The molecule has 0 spiro atoms. The van der Waals surface area contributed by atoms with Crippen molar-refractivity contribution in [1.29, 1.82) is 0 Å². The van der Waals surface area contributed by atoms with Crippen molar-refractivity contribution in [3.8, 4) is 0 Å². The van der Waals surface area contributed by atoms with Gasteiger partial charge in [-0.1, -0.05) is 0 Å². The Balaban J connectivity index is 1.76. The highest BCUT2D eigenvalue weighted by molar-refractivity contribution is 5.82. The summed E-state index contributed by atoms with van der Waals surface area (Å²) < 4.78 is 7.29. The van der Waals surface area contributed by atoms with Crippen molar-refractivity contribution in [2.75, 3.05) is 33.4 Å². The van der Waals surface area contributed by atoms with E-state index in [-0.39, 0.29) is 11.3 Å². The summed E-state index contributed by atoms with van der Waals surface area (Å²) in [5.74, 6) is 0.131. The van der Waals surface area contributed by atoms with Crippen molar-refractivity contribution < 1.29 is 9.53 Å². The molecule has 1 aromatic heterocycles. The summed E-state index contributed by atoms with van der Waals surface area (Å²) in [5.41, 5.74) is -0.352. The molecule has 2 rings (SSSR count). The minimum atomic E-state index is -0.352. The van der Waals surface area contributed by atoms with Gasteiger partial charge in [0, 0.05) is 32.6 Å². The first kappa shape index (κ1) is 15.0. The molecule has 1 saturated heterocycles. The third-order valence-electron chi connectivity index (χ3n) is 3.90. The lowest BCUT2D eigenvalue weighted by Crippen LogP contribution is -2.50. The van der Waals surface area contributed by atoms with Gasteiger partial charge in [0.1, 0.15) is 0 Å². The molecule has 0 aliphatic carbocycles. The van der Waals surface area contributed by atoms with Gasteiger partial charge in [0.2, 0.25) is 5.91 Å². The van der Waals surface area contributed by atoms with Gasteiger partial charge in [-0.05, 0) is 32.4 Å². The highest BCUT2D eigenvalue weighted by Crippen LogP contribution is 2.29. The van der Waals surface area contributed by atoms with Gasteiger partial charge in [-0.25, -0.2) is 4.98 Å². The van der Waals surface area contributed by atoms with Crippen LogP contribution in [0.25, 0.3) is 0 Å². The largest absolute Gasteiger partial charge is 0.384 e. The molecule has 1 aliphatic rings. The second-order valence-corrected chi connectivity index (χ2v) is 5.37. The molecule has 6 heteroatoms. The topological polar surface area (TPSA) is 68.2 Å². The van der Waals surface area contributed by atoms with Crippen LogP contribution in [-0.2, 0) is 16.1 Å². The fourth-order valence-electron chi connectivity index (χ4n) is 2.69. The van der Waals surface area contributed by atoms with Crippen molar-refractivity contribution in [1.82, 2.24) is 20.2 Å². The summed E-state index contributed by atoms with van der Waals surface area (Å²) in [5, 5.41) is 6.35. The summed E-state index contributed by atoms with van der Waals surface area (Å²) in [7, 11) is 1.66. The molecule has 1 amide bonds. The van der Waals surface area contributed by atoms with E-state index >= 15 is 0 Å². The van der Waals surface area contributed by atoms with Crippen LogP contribution in [0.15, 0.2) is 18.7 Å². The van der Waals surface area contributed by atoms with Gasteiger partial charge in [0.25, 0.3) is 0 Å². The Kier molecular flexibility index (Phi) is 5.55. The van der Waals surface area contributed by atoms with Gasteiger partial charge < -0.3 is 19.9 Å². The van der Waals surface area contributed by atoms with Crippen LogP contribution in [0.1, 0.15) is 19.3 Å². The summed E-state index contributed by atoms with van der Waals surface area (Å²) >= 11 is 0. The first-order valence-corrected chi connectivity index (χ1v) is 7.20. The zero-order valence-electron chi connectivity index (χ0n) is 12.1. The lowest BCUT2D eigenvalue weighted by atomic mass is 9.78. The van der Waals surface area contributed by atoms with Crippen LogP contribution in [0.4, 0.5) is 0 Å². The van der Waals surface area contributed by atoms with Crippen LogP contribution in [0.5, 0.6) is 0 Å². The number of hydrogen-bond acceptors (Lipinski definition) is 4. The second kappa shape index (κ2) is 7.40. The van der Waals surface area contributed by atoms with Gasteiger partial charge in [0.05, 0.1) is 18.3 Å². The molecule has 6 nitrogen and oxygen atoms in total. The highest BCUT2D eigenvalue weighted by atomic mass is 16.5. The van der Waals surface area contributed by atoms with Crippen LogP contribution in [0.3, 0.4) is 0 Å². The molecule has 2 N–H and O–H groups in total. The Bertz CT molecular complexity index is 394. The van der Waals surface area contributed by atoms with E-state index in [4.69, 9.17) is 4.74 Å². The maximum absolute atomic E-state index is 12.4. The van der Waals surface area contributed by atoms with E-state index in [0.717, 1.165) is 38.9 Å². The predicted molar refractivity (Wildman–Crippen MR) is 76.3 cm³/mol. The number of aryl methyl sites for hydroxylation is 1. The van der Waals surface area contributed by atoms with Gasteiger partial charge in [-0.15, -0.1) is 0 Å². The Morgan fingerprint density at radius 2 is 2.30 bits per heavy atom. The number of imidazole rings is 1. The Morgan fingerprint density at radius 1 is 1.50 bits per heavy atom. The molecule has 20 heavy (non-hydrogen) atoms. The molecular weight excluding hydrogens is 256 g/mol. The molecule has 0 unspecified atom stereocenters. The van der Waals surface area contributed by atoms with Gasteiger partial charge in [-0.2, -0.15) is 0 Å². The molecule has 0 aromatic carbocycles. The SMILES string of the molecule is COCC1(C(=O)NCCCn2ccnc2)CCNCC1. The third kappa shape index (κ3) is 3.80. The summed E-state index contributed by atoms with van der Waals surface area (Å²) in [6.07, 6.45) is 8.08. The van der Waals surface area contributed by atoms with E-state index in [1.54, 1.807) is 19.6 Å². The number of nitrogens with zero attached hydrogens (tertiary/aromatic N) is 2. The number of rotatable bonds is 7. The third-order valence-corrected chi connectivity index (χ3v) is 3.90. The lowest BCUT2D eigenvalue weighted by Gasteiger charge is -2.35. The Labute approximate surface area is 119 Å². The standard InChI is InChI=1S/C14H24N4O2/c1-20-11-14(3-6-15-7-4-14)13(19)17-5-2-9-18-10-8-16-12-18/h8,10,12,15H,2-7,9,11H2,1H3,(H,17,19). The fraction of sp³-hybridized carbons (Fsp3) is 0.714. The van der Waals surface area contributed by atoms with Crippen LogP contribution in [-0.4, -0.2) is 48.8 Å². The van der Waals surface area contributed by atoms with E-state index in [2.05, 4.69) is 15.6 Å². The number of hydrogen-bond donors (Lipinski definition) is 2. The fourth-order valence-corrected chi connectivity index (χ4v) is 2.69. The molecule has 1 aromatic rings. The minimum Gasteiger partial charge on any atom is -0.384 e. The van der Waals surface area contributed by atoms with Crippen LogP contribution < -0.4 is 10.6 Å². The zero-order chi connectivity index (χ0) is 14.3. The monoisotopic (exact) mass is 280 g/mol. The van der Waals surface area contributed by atoms with Gasteiger partial charge in [0.15, 0.2) is 0 Å². The molecule has 0 saturated carbocycles. The zero-order valence-corrected chi connectivity index (χ0v) is 12.1. The van der Waals surface area contributed by atoms with Crippen molar-refractivity contribution >= 4 is 5.91 Å². The lowest BCUT2D eigenvalue weighted by molar-refractivity contribution is -0.136. The smallest absolute Gasteiger partial charge is 0.228 e. The highest BCUT2D eigenvalue weighted by Gasteiger charge is 2.39. The van der Waals surface area contributed by atoms with Gasteiger partial charge in [-0.3, -0.25) is 4.79 Å². The first-order chi connectivity index (χ1) is 9.77. The summed E-state index contributed by atoms with van der Waals surface area (Å²) in [6, 6.07) is 0. The van der Waals surface area contributed by atoms with Gasteiger partial charge >= 0.3 is 0 Å². The first-order valence-electron chi connectivity index (χ1n) is 7.20. The van der Waals surface area contributed by atoms with E-state index in [0.29, 0.717) is 13.2 Å². The van der Waals surface area contributed by atoms with Crippen molar-refractivity contribution in [2.24, 2.45) is 5.41 Å². The maximum Gasteiger partial charge on any atom is 0.228 e. The molecule has 0 atom stereocenters. The summed E-state index contributed by atoms with van der Waals surface area (Å²) in [6.45, 7) is 3.83. The van der Waals surface area contributed by atoms with Crippen LogP contribution in [0.2, 0.25) is 0 Å². The van der Waals surface area contributed by atoms with Crippen LogP contribution in [0, 0.1) is 5.41 Å². The number of piperidine rings is 1. The van der Waals surface area contributed by atoms with E-state index < -0.39 is 0 Å². The van der Waals surface area contributed by atoms with Crippen molar-refractivity contribution in [3.63, 3.8) is 0 Å². The molecule has 1 aliphatic heterocycles. The summed E-state index contributed by atoms with van der Waals surface area (Å²) in [4.78, 5) is 16.4. The Hall–Kier alpha value is -1.40. The number of aromatic nitrogens is 2. The van der Waals surface area contributed by atoms with E-state index in [1.807, 2.05) is 10.8 Å². The molecule has 0 radical (unpaired) electrons. The van der Waals surface area contributed by atoms with Crippen LogP contribution >= 0.6 is 0 Å². The molecule has 112 valence electrons. The predicted octanol–water partition coefficient (Wildman–Crippen LogP) is 0.406. The minimum absolute atomic E-state index is 0.131. The number of ether oxygens (including phenoxy) is 1. The number of nitrogens with one attached hydrogen (secondary N) is 2. The molecule has 0 bridgehead atoms. The molecule has 2 heterocycles. The average molecular weight is 280 g/mol.